The molecule has 5 rings (SSSR count). The summed E-state index contributed by atoms with van der Waals surface area (Å²) in [6, 6.07) is 7.62. The molecule has 0 unspecified atom stereocenters. The summed E-state index contributed by atoms with van der Waals surface area (Å²) in [6.07, 6.45) is -4.40. The third kappa shape index (κ3) is 4.05. The van der Waals surface area contributed by atoms with E-state index in [1.807, 2.05) is 0 Å². The van der Waals surface area contributed by atoms with E-state index in [1.54, 1.807) is 12.1 Å². The van der Waals surface area contributed by atoms with Gasteiger partial charge in [0.05, 0.1) is 12.1 Å². The maximum absolute atomic E-state index is 14.8. The molecular weight excluding hydrogens is 448 g/mol. The van der Waals surface area contributed by atoms with E-state index in [0.29, 0.717) is 23.0 Å². The summed E-state index contributed by atoms with van der Waals surface area (Å²) in [4.78, 5) is 28.8. The largest absolute Gasteiger partial charge is 0.438 e. The molecule has 0 bridgehead atoms. The SMILES string of the molecule is O=C1Cc2c(ccc(Nc3ncc(C(F)(F)F)c(Oc4cccc5c4COOC5)n3)c2F)N1. The first kappa shape index (κ1) is 21.1. The third-order valence-corrected chi connectivity index (χ3v) is 5.10. The van der Waals surface area contributed by atoms with E-state index < -0.39 is 23.4 Å². The zero-order valence-electron chi connectivity index (χ0n) is 16.6. The van der Waals surface area contributed by atoms with Crippen LogP contribution in [0, 0.1) is 5.82 Å². The number of carbonyl (C=O) groups excluding carboxylic acids is 1. The van der Waals surface area contributed by atoms with Crippen LogP contribution in [0.5, 0.6) is 11.6 Å². The van der Waals surface area contributed by atoms with Crippen LogP contribution < -0.4 is 15.4 Å². The summed E-state index contributed by atoms with van der Waals surface area (Å²) < 4.78 is 61.1. The highest BCUT2D eigenvalue weighted by Crippen LogP contribution is 2.39. The summed E-state index contributed by atoms with van der Waals surface area (Å²) in [5, 5.41) is 5.07. The molecule has 8 nitrogen and oxygen atoms in total. The minimum absolute atomic E-state index is 0.0177. The fourth-order valence-corrected chi connectivity index (χ4v) is 3.50. The maximum atomic E-state index is 14.8. The van der Waals surface area contributed by atoms with E-state index in [9.17, 15) is 22.4 Å². The predicted octanol–water partition coefficient (Wildman–Crippen LogP) is 4.63. The number of benzene rings is 2. The predicted molar refractivity (Wildman–Crippen MR) is 105 cm³/mol. The number of nitrogens with one attached hydrogen (secondary N) is 2. The van der Waals surface area contributed by atoms with Crippen molar-refractivity contribution in [2.75, 3.05) is 10.6 Å². The smallest absolute Gasteiger partial charge is 0.423 e. The van der Waals surface area contributed by atoms with E-state index in [2.05, 4.69) is 20.6 Å². The van der Waals surface area contributed by atoms with Gasteiger partial charge in [-0.1, -0.05) is 12.1 Å². The summed E-state index contributed by atoms with van der Waals surface area (Å²) in [7, 11) is 0. The lowest BCUT2D eigenvalue weighted by atomic mass is 10.1. The van der Waals surface area contributed by atoms with Crippen LogP contribution in [0.2, 0.25) is 0 Å². The summed E-state index contributed by atoms with van der Waals surface area (Å²) in [5.74, 6) is -2.06. The molecule has 2 aliphatic heterocycles. The highest BCUT2D eigenvalue weighted by atomic mass is 19.4. The molecule has 0 saturated carbocycles. The van der Waals surface area contributed by atoms with Crippen molar-refractivity contribution in [1.82, 2.24) is 9.97 Å². The van der Waals surface area contributed by atoms with Gasteiger partial charge in [-0.05, 0) is 23.8 Å². The fourth-order valence-electron chi connectivity index (χ4n) is 3.50. The Bertz CT molecular complexity index is 1270. The van der Waals surface area contributed by atoms with Gasteiger partial charge in [0.25, 0.3) is 0 Å². The second-order valence-corrected chi connectivity index (χ2v) is 7.23. The Hall–Kier alpha value is -3.77. The summed E-state index contributed by atoms with van der Waals surface area (Å²) in [5.41, 5.74) is 0.392. The Morgan fingerprint density at radius 1 is 1.09 bits per heavy atom. The van der Waals surface area contributed by atoms with Crippen LogP contribution in [0.1, 0.15) is 22.3 Å². The standard InChI is InChI=1S/C21H14F4N4O4/c22-18-11-6-17(30)27-14(11)4-5-15(18)28-20-26-7-13(21(23,24)25)19(29-20)33-16-3-1-2-10-8-31-32-9-12(10)16/h1-5,7H,6,8-9H2,(H,27,30)(H,26,28,29). The van der Waals surface area contributed by atoms with Crippen molar-refractivity contribution in [2.24, 2.45) is 0 Å². The average Bonchev–Trinajstić information content (AvgIpc) is 3.17. The molecule has 1 aromatic heterocycles. The minimum Gasteiger partial charge on any atom is -0.438 e. The first-order chi connectivity index (χ1) is 15.8. The molecule has 0 saturated heterocycles. The molecule has 3 heterocycles. The van der Waals surface area contributed by atoms with Crippen molar-refractivity contribution in [1.29, 1.82) is 0 Å². The zero-order valence-corrected chi connectivity index (χ0v) is 16.6. The van der Waals surface area contributed by atoms with Crippen LogP contribution >= 0.6 is 0 Å². The molecule has 2 N–H and O–H groups in total. The van der Waals surface area contributed by atoms with Crippen LogP contribution in [0.25, 0.3) is 0 Å². The molecule has 1 amide bonds. The number of hydrogen-bond acceptors (Lipinski definition) is 7. The van der Waals surface area contributed by atoms with Crippen LogP contribution in [-0.4, -0.2) is 15.9 Å². The monoisotopic (exact) mass is 462 g/mol. The van der Waals surface area contributed by atoms with Crippen molar-refractivity contribution in [2.45, 2.75) is 25.8 Å². The van der Waals surface area contributed by atoms with Crippen molar-refractivity contribution in [3.63, 3.8) is 0 Å². The molecular formula is C21H14F4N4O4. The van der Waals surface area contributed by atoms with Crippen LogP contribution in [-0.2, 0) is 40.4 Å². The van der Waals surface area contributed by atoms with Gasteiger partial charge >= 0.3 is 6.18 Å². The van der Waals surface area contributed by atoms with Crippen LogP contribution in [0.15, 0.2) is 36.5 Å². The van der Waals surface area contributed by atoms with E-state index in [4.69, 9.17) is 14.5 Å². The van der Waals surface area contributed by atoms with Crippen molar-refractivity contribution >= 4 is 23.2 Å². The lowest BCUT2D eigenvalue weighted by molar-refractivity contribution is -0.322. The lowest BCUT2D eigenvalue weighted by Crippen LogP contribution is -2.13. The lowest BCUT2D eigenvalue weighted by Gasteiger charge is -2.20. The number of ether oxygens (including phenoxy) is 1. The number of amides is 1. The second-order valence-electron chi connectivity index (χ2n) is 7.23. The van der Waals surface area contributed by atoms with Gasteiger partial charge in [0.1, 0.15) is 24.5 Å². The Morgan fingerprint density at radius 2 is 1.91 bits per heavy atom. The highest BCUT2D eigenvalue weighted by Gasteiger charge is 2.37. The molecule has 0 spiro atoms. The van der Waals surface area contributed by atoms with Gasteiger partial charge in [-0.2, -0.15) is 18.2 Å². The zero-order chi connectivity index (χ0) is 23.2. The molecule has 0 radical (unpaired) electrons. The molecule has 33 heavy (non-hydrogen) atoms. The van der Waals surface area contributed by atoms with Gasteiger partial charge in [0, 0.05) is 23.0 Å². The van der Waals surface area contributed by atoms with Crippen molar-refractivity contribution in [3.05, 3.63) is 64.6 Å². The number of aromatic nitrogens is 2. The molecule has 0 aliphatic carbocycles. The van der Waals surface area contributed by atoms with Crippen LogP contribution in [0.4, 0.5) is 34.9 Å². The van der Waals surface area contributed by atoms with Gasteiger partial charge < -0.3 is 15.4 Å². The fraction of sp³-hybridized carbons (Fsp3) is 0.190. The Morgan fingerprint density at radius 3 is 2.73 bits per heavy atom. The van der Waals surface area contributed by atoms with Gasteiger partial charge in [-0.15, -0.1) is 0 Å². The Labute approximate surface area is 183 Å². The number of rotatable bonds is 4. The topological polar surface area (TPSA) is 94.6 Å². The Balaban J connectivity index is 1.50. The number of halogens is 4. The van der Waals surface area contributed by atoms with Gasteiger partial charge in [0.2, 0.25) is 17.7 Å². The average molecular weight is 462 g/mol. The molecule has 12 heteroatoms. The highest BCUT2D eigenvalue weighted by molar-refractivity contribution is 5.99. The third-order valence-electron chi connectivity index (χ3n) is 5.10. The van der Waals surface area contributed by atoms with E-state index in [0.717, 1.165) is 0 Å². The molecule has 3 aromatic rings. The van der Waals surface area contributed by atoms with Crippen LogP contribution in [0.3, 0.4) is 0 Å². The van der Waals surface area contributed by atoms with E-state index in [1.165, 1.54) is 18.2 Å². The first-order valence-corrected chi connectivity index (χ1v) is 9.65. The number of carbonyl (C=O) groups is 1. The Kier molecular flexibility index (Phi) is 5.10. The second kappa shape index (κ2) is 7.98. The minimum atomic E-state index is -4.80. The van der Waals surface area contributed by atoms with Crippen molar-refractivity contribution < 1.29 is 36.9 Å². The molecule has 2 aliphatic rings. The first-order valence-electron chi connectivity index (χ1n) is 9.65. The summed E-state index contributed by atoms with van der Waals surface area (Å²) >= 11 is 0. The number of alkyl halides is 3. The molecule has 0 atom stereocenters. The molecule has 2 aromatic carbocycles. The van der Waals surface area contributed by atoms with E-state index in [-0.39, 0.29) is 48.5 Å². The molecule has 170 valence electrons. The van der Waals surface area contributed by atoms with E-state index >= 15 is 0 Å². The van der Waals surface area contributed by atoms with Gasteiger partial charge in [-0.25, -0.2) is 19.1 Å². The number of anilines is 3. The molecule has 0 fully saturated rings. The van der Waals surface area contributed by atoms with Crippen molar-refractivity contribution in [3.8, 4) is 11.6 Å². The number of hydrogen-bond donors (Lipinski definition) is 2. The van der Waals surface area contributed by atoms with Gasteiger partial charge in [0.15, 0.2) is 5.82 Å². The normalized spacial score (nSPS) is 15.0. The quantitative estimate of drug-likeness (QED) is 0.431. The van der Waals surface area contributed by atoms with Gasteiger partial charge in [-0.3, -0.25) is 4.79 Å². The number of fused-ring (bicyclic) bond motifs is 2. The maximum Gasteiger partial charge on any atom is 0.423 e. The number of nitrogens with zero attached hydrogens (tertiary/aromatic N) is 2. The summed E-state index contributed by atoms with van der Waals surface area (Å²) in [6.45, 7) is 0.0976.